The Hall–Kier alpha value is -1.73. The first kappa shape index (κ1) is 15.7. The molecule has 0 aliphatic heterocycles. The van der Waals surface area contributed by atoms with Crippen LogP contribution < -0.4 is 10.1 Å². The van der Waals surface area contributed by atoms with Crippen molar-refractivity contribution in [1.29, 1.82) is 0 Å². The molecule has 110 valence electrons. The zero-order valence-electron chi connectivity index (χ0n) is 11.6. The van der Waals surface area contributed by atoms with Crippen molar-refractivity contribution >= 4 is 44.4 Å². The van der Waals surface area contributed by atoms with Gasteiger partial charge in [0.05, 0.1) is 7.11 Å². The number of rotatable bonds is 5. The van der Waals surface area contributed by atoms with E-state index < -0.39 is 0 Å². The Kier molecular flexibility index (Phi) is 5.46. The van der Waals surface area contributed by atoms with Crippen LogP contribution in [0.3, 0.4) is 0 Å². The summed E-state index contributed by atoms with van der Waals surface area (Å²) in [7, 11) is 1.59. The molecule has 0 bridgehead atoms. The van der Waals surface area contributed by atoms with Crippen LogP contribution in [0.5, 0.6) is 5.75 Å². The number of aromatic nitrogens is 2. The molecule has 5 nitrogen and oxygen atoms in total. The Morgan fingerprint density at radius 1 is 1.48 bits per heavy atom. The quantitative estimate of drug-likeness (QED) is 0.821. The lowest BCUT2D eigenvalue weighted by Crippen LogP contribution is -2.07. The van der Waals surface area contributed by atoms with Crippen molar-refractivity contribution in [2.75, 3.05) is 12.4 Å². The first-order valence-corrected chi connectivity index (χ1v) is 7.88. The Morgan fingerprint density at radius 2 is 2.29 bits per heavy atom. The Balaban J connectivity index is 2.06. The Labute approximate surface area is 135 Å². The molecule has 0 radical (unpaired) electrons. The first-order valence-electron chi connectivity index (χ1n) is 6.27. The SMILES string of the molecule is CCc1nnc(NC(=O)/C=C/c2cc(Br)ccc2OC)s1. The summed E-state index contributed by atoms with van der Waals surface area (Å²) in [5, 5.41) is 11.9. The van der Waals surface area contributed by atoms with Crippen LogP contribution in [0.4, 0.5) is 5.13 Å². The van der Waals surface area contributed by atoms with Crippen molar-refractivity contribution in [1.82, 2.24) is 10.2 Å². The van der Waals surface area contributed by atoms with E-state index in [0.29, 0.717) is 10.9 Å². The van der Waals surface area contributed by atoms with Crippen LogP contribution in [-0.4, -0.2) is 23.2 Å². The normalized spacial score (nSPS) is 10.8. The Bertz CT molecular complexity index is 670. The number of amides is 1. The number of hydrogen-bond donors (Lipinski definition) is 1. The van der Waals surface area contributed by atoms with Crippen molar-refractivity contribution in [3.63, 3.8) is 0 Å². The molecule has 0 saturated heterocycles. The van der Waals surface area contributed by atoms with Crippen LogP contribution >= 0.6 is 27.3 Å². The summed E-state index contributed by atoms with van der Waals surface area (Å²) < 4.78 is 6.16. The second-order valence-electron chi connectivity index (χ2n) is 4.06. The fraction of sp³-hybridized carbons (Fsp3) is 0.214. The van der Waals surface area contributed by atoms with Crippen molar-refractivity contribution in [2.24, 2.45) is 0 Å². The standard InChI is InChI=1S/C14H14BrN3O2S/c1-3-13-17-18-14(21-13)16-12(19)7-4-9-8-10(15)5-6-11(9)20-2/h4-8H,3H2,1-2H3,(H,16,18,19)/b7-4+. The summed E-state index contributed by atoms with van der Waals surface area (Å²) in [5.41, 5.74) is 0.813. The lowest BCUT2D eigenvalue weighted by atomic mass is 10.2. The van der Waals surface area contributed by atoms with Gasteiger partial charge in [-0.1, -0.05) is 34.2 Å². The highest BCUT2D eigenvalue weighted by atomic mass is 79.9. The summed E-state index contributed by atoms with van der Waals surface area (Å²) in [6, 6.07) is 5.59. The molecule has 0 atom stereocenters. The van der Waals surface area contributed by atoms with Crippen molar-refractivity contribution in [3.05, 3.63) is 39.3 Å². The zero-order chi connectivity index (χ0) is 15.2. The van der Waals surface area contributed by atoms with Gasteiger partial charge in [0, 0.05) is 16.1 Å². The average molecular weight is 368 g/mol. The van der Waals surface area contributed by atoms with Gasteiger partial charge in [0.25, 0.3) is 0 Å². The number of halogens is 1. The van der Waals surface area contributed by atoms with Gasteiger partial charge in [0.2, 0.25) is 11.0 Å². The van der Waals surface area contributed by atoms with Gasteiger partial charge in [-0.05, 0) is 30.7 Å². The van der Waals surface area contributed by atoms with Gasteiger partial charge >= 0.3 is 0 Å². The molecule has 1 aromatic heterocycles. The number of methoxy groups -OCH3 is 1. The molecule has 0 spiro atoms. The maximum Gasteiger partial charge on any atom is 0.250 e. The summed E-state index contributed by atoms with van der Waals surface area (Å²) in [6.07, 6.45) is 3.94. The molecule has 1 N–H and O–H groups in total. The lowest BCUT2D eigenvalue weighted by Gasteiger charge is -2.04. The third kappa shape index (κ3) is 4.37. The van der Waals surface area contributed by atoms with Crippen LogP contribution in [0.1, 0.15) is 17.5 Å². The number of hydrogen-bond acceptors (Lipinski definition) is 5. The molecule has 0 aliphatic rings. The number of carbonyl (C=O) groups is 1. The van der Waals surface area contributed by atoms with Gasteiger partial charge in [-0.15, -0.1) is 10.2 Å². The van der Waals surface area contributed by atoms with E-state index in [4.69, 9.17) is 4.74 Å². The van der Waals surface area contributed by atoms with Gasteiger partial charge in [-0.2, -0.15) is 0 Å². The maximum atomic E-state index is 11.9. The fourth-order valence-electron chi connectivity index (χ4n) is 1.59. The van der Waals surface area contributed by atoms with E-state index in [-0.39, 0.29) is 5.91 Å². The molecule has 2 rings (SSSR count). The van der Waals surface area contributed by atoms with E-state index in [1.54, 1.807) is 13.2 Å². The summed E-state index contributed by atoms with van der Waals surface area (Å²) in [4.78, 5) is 11.9. The number of nitrogens with zero attached hydrogens (tertiary/aromatic N) is 2. The van der Waals surface area contributed by atoms with E-state index in [0.717, 1.165) is 21.5 Å². The summed E-state index contributed by atoms with van der Waals surface area (Å²) >= 11 is 4.76. The average Bonchev–Trinajstić information content (AvgIpc) is 2.93. The highest BCUT2D eigenvalue weighted by molar-refractivity contribution is 9.10. The largest absolute Gasteiger partial charge is 0.496 e. The number of ether oxygens (including phenoxy) is 1. The minimum atomic E-state index is -0.254. The second-order valence-corrected chi connectivity index (χ2v) is 6.04. The van der Waals surface area contributed by atoms with Gasteiger partial charge in [-0.25, -0.2) is 0 Å². The van der Waals surface area contributed by atoms with Crippen LogP contribution in [-0.2, 0) is 11.2 Å². The van der Waals surface area contributed by atoms with Crippen LogP contribution in [0, 0.1) is 0 Å². The maximum absolute atomic E-state index is 11.9. The fourth-order valence-corrected chi connectivity index (χ4v) is 2.66. The van der Waals surface area contributed by atoms with Crippen molar-refractivity contribution < 1.29 is 9.53 Å². The molecule has 0 fully saturated rings. The molecule has 0 unspecified atom stereocenters. The predicted molar refractivity (Wildman–Crippen MR) is 87.6 cm³/mol. The third-order valence-corrected chi connectivity index (χ3v) is 4.08. The molecular formula is C14H14BrN3O2S. The molecule has 2 aromatic rings. The number of carbonyl (C=O) groups excluding carboxylic acids is 1. The Morgan fingerprint density at radius 3 is 2.95 bits per heavy atom. The molecule has 0 aliphatic carbocycles. The smallest absolute Gasteiger partial charge is 0.250 e. The van der Waals surface area contributed by atoms with Crippen molar-refractivity contribution in [3.8, 4) is 5.75 Å². The van der Waals surface area contributed by atoms with Gasteiger partial charge in [-0.3, -0.25) is 10.1 Å². The molecule has 7 heteroatoms. The van der Waals surface area contributed by atoms with Gasteiger partial charge < -0.3 is 4.74 Å². The molecule has 1 heterocycles. The minimum Gasteiger partial charge on any atom is -0.496 e. The first-order chi connectivity index (χ1) is 10.1. The van der Waals surface area contributed by atoms with E-state index in [1.807, 2.05) is 25.1 Å². The van der Waals surface area contributed by atoms with Gasteiger partial charge in [0.1, 0.15) is 10.8 Å². The summed E-state index contributed by atoms with van der Waals surface area (Å²) in [6.45, 7) is 1.99. The van der Waals surface area contributed by atoms with Crippen LogP contribution in [0.15, 0.2) is 28.7 Å². The number of anilines is 1. The van der Waals surface area contributed by atoms with Crippen molar-refractivity contribution in [2.45, 2.75) is 13.3 Å². The molecule has 0 saturated carbocycles. The number of benzene rings is 1. The molecule has 1 aromatic carbocycles. The van der Waals surface area contributed by atoms with E-state index >= 15 is 0 Å². The second kappa shape index (κ2) is 7.33. The predicted octanol–water partition coefficient (Wildman–Crippen LogP) is 3.52. The van der Waals surface area contributed by atoms with Crippen LogP contribution in [0.25, 0.3) is 6.08 Å². The van der Waals surface area contributed by atoms with Gasteiger partial charge in [0.15, 0.2) is 0 Å². The minimum absolute atomic E-state index is 0.254. The zero-order valence-corrected chi connectivity index (χ0v) is 14.0. The third-order valence-electron chi connectivity index (χ3n) is 2.61. The van der Waals surface area contributed by atoms with Crippen LogP contribution in [0.2, 0.25) is 0 Å². The highest BCUT2D eigenvalue weighted by Crippen LogP contribution is 2.24. The molecule has 1 amide bonds. The summed E-state index contributed by atoms with van der Waals surface area (Å²) in [5.74, 6) is 0.447. The number of aryl methyl sites for hydroxylation is 1. The van der Waals surface area contributed by atoms with E-state index in [2.05, 4.69) is 31.4 Å². The topological polar surface area (TPSA) is 64.1 Å². The molecule has 21 heavy (non-hydrogen) atoms. The van der Waals surface area contributed by atoms with E-state index in [9.17, 15) is 4.79 Å². The highest BCUT2D eigenvalue weighted by Gasteiger charge is 2.05. The lowest BCUT2D eigenvalue weighted by molar-refractivity contribution is -0.111. The molecular weight excluding hydrogens is 354 g/mol. The monoisotopic (exact) mass is 367 g/mol. The number of nitrogens with one attached hydrogen (secondary N) is 1. The van der Waals surface area contributed by atoms with E-state index in [1.165, 1.54) is 17.4 Å².